The van der Waals surface area contributed by atoms with Crippen molar-refractivity contribution in [3.8, 4) is 0 Å². The van der Waals surface area contributed by atoms with E-state index >= 15 is 0 Å². The van der Waals surface area contributed by atoms with Gasteiger partial charge in [0.1, 0.15) is 5.82 Å². The molecule has 1 aromatic carbocycles. The lowest BCUT2D eigenvalue weighted by Crippen LogP contribution is -2.41. The van der Waals surface area contributed by atoms with E-state index in [-0.39, 0.29) is 24.1 Å². The number of nitrogens with zero attached hydrogens (tertiary/aromatic N) is 1. The van der Waals surface area contributed by atoms with Gasteiger partial charge in [0.25, 0.3) is 0 Å². The van der Waals surface area contributed by atoms with E-state index in [1.807, 2.05) is 26.2 Å². The zero-order chi connectivity index (χ0) is 13.9. The van der Waals surface area contributed by atoms with Crippen molar-refractivity contribution in [3.63, 3.8) is 0 Å². The number of hydrogen-bond donors (Lipinski definition) is 1. The van der Waals surface area contributed by atoms with Gasteiger partial charge in [-0.2, -0.15) is 0 Å². The van der Waals surface area contributed by atoms with Crippen molar-refractivity contribution in [2.75, 3.05) is 20.6 Å². The molecule has 1 fully saturated rings. The lowest BCUT2D eigenvalue weighted by molar-refractivity contribution is -0.0296. The predicted molar refractivity (Wildman–Crippen MR) is 83.0 cm³/mol. The molecule has 0 saturated heterocycles. The number of aliphatic hydroxyl groups is 1. The summed E-state index contributed by atoms with van der Waals surface area (Å²) in [6.45, 7) is 0.835. The van der Waals surface area contributed by atoms with E-state index in [2.05, 4.69) is 4.90 Å². The van der Waals surface area contributed by atoms with Crippen LogP contribution in [0.25, 0.3) is 0 Å². The van der Waals surface area contributed by atoms with Crippen LogP contribution < -0.4 is 0 Å². The normalized spacial score (nSPS) is 26.4. The van der Waals surface area contributed by atoms with Crippen LogP contribution in [0.2, 0.25) is 0 Å². The second-order valence-corrected chi connectivity index (χ2v) is 5.98. The summed E-state index contributed by atoms with van der Waals surface area (Å²) in [7, 11) is 4.01. The third kappa shape index (κ3) is 3.94. The monoisotopic (exact) mass is 301 g/mol. The van der Waals surface area contributed by atoms with Crippen molar-refractivity contribution in [1.29, 1.82) is 0 Å². The second kappa shape index (κ2) is 7.39. The van der Waals surface area contributed by atoms with Gasteiger partial charge in [0.2, 0.25) is 0 Å². The van der Waals surface area contributed by atoms with Crippen molar-refractivity contribution in [1.82, 2.24) is 4.90 Å². The summed E-state index contributed by atoms with van der Waals surface area (Å²) in [6, 6.07) is 6.89. The maximum atomic E-state index is 14.0. The largest absolute Gasteiger partial charge is 0.389 e. The molecular formula is C16H25ClFNO. The summed E-state index contributed by atoms with van der Waals surface area (Å²) in [6.07, 6.45) is 4.47. The van der Waals surface area contributed by atoms with Gasteiger partial charge >= 0.3 is 0 Å². The van der Waals surface area contributed by atoms with E-state index in [1.54, 1.807) is 6.07 Å². The quantitative estimate of drug-likeness (QED) is 0.919. The molecule has 0 spiro atoms. The standard InChI is InChI=1S/C16H24FNO.ClH/c1-18(2)12-11-16(19)10-6-5-8-14(16)13-7-3-4-9-15(13)17;/h3-4,7,9,14,19H,5-6,8,10-12H2,1-2H3;1H. The van der Waals surface area contributed by atoms with Gasteiger partial charge in [-0.1, -0.05) is 31.0 Å². The van der Waals surface area contributed by atoms with Crippen LogP contribution >= 0.6 is 12.4 Å². The van der Waals surface area contributed by atoms with E-state index in [1.165, 1.54) is 6.07 Å². The van der Waals surface area contributed by atoms with Gasteiger partial charge in [-0.3, -0.25) is 0 Å². The van der Waals surface area contributed by atoms with Crippen LogP contribution in [0, 0.1) is 5.82 Å². The van der Waals surface area contributed by atoms with Gasteiger partial charge in [-0.15, -0.1) is 12.4 Å². The van der Waals surface area contributed by atoms with Crippen molar-refractivity contribution >= 4 is 12.4 Å². The van der Waals surface area contributed by atoms with Crippen LogP contribution in [-0.2, 0) is 0 Å². The molecule has 4 heteroatoms. The molecule has 114 valence electrons. The fraction of sp³-hybridized carbons (Fsp3) is 0.625. The smallest absolute Gasteiger partial charge is 0.126 e. The molecule has 20 heavy (non-hydrogen) atoms. The Morgan fingerprint density at radius 1 is 1.30 bits per heavy atom. The number of rotatable bonds is 4. The first kappa shape index (κ1) is 17.4. The topological polar surface area (TPSA) is 23.5 Å². The lowest BCUT2D eigenvalue weighted by Gasteiger charge is -2.41. The van der Waals surface area contributed by atoms with Gasteiger partial charge in [-0.05, 0) is 45.0 Å². The molecule has 1 aliphatic carbocycles. The molecule has 0 heterocycles. The van der Waals surface area contributed by atoms with Gasteiger partial charge in [-0.25, -0.2) is 4.39 Å². The van der Waals surface area contributed by atoms with Crippen molar-refractivity contribution in [2.24, 2.45) is 0 Å². The zero-order valence-corrected chi connectivity index (χ0v) is 13.1. The number of halogens is 2. The maximum absolute atomic E-state index is 14.0. The molecule has 1 N–H and O–H groups in total. The Morgan fingerprint density at radius 2 is 2.00 bits per heavy atom. The van der Waals surface area contributed by atoms with Gasteiger partial charge in [0.15, 0.2) is 0 Å². The summed E-state index contributed by atoms with van der Waals surface area (Å²) in [5, 5.41) is 11.0. The van der Waals surface area contributed by atoms with Crippen LogP contribution in [0.5, 0.6) is 0 Å². The first-order valence-electron chi connectivity index (χ1n) is 7.14. The molecule has 0 aromatic heterocycles. The molecule has 2 atom stereocenters. The first-order valence-corrected chi connectivity index (χ1v) is 7.14. The Labute approximate surface area is 127 Å². The third-order valence-electron chi connectivity index (χ3n) is 4.27. The molecular weight excluding hydrogens is 277 g/mol. The average Bonchev–Trinajstić information content (AvgIpc) is 2.38. The average molecular weight is 302 g/mol. The molecule has 2 nitrogen and oxygen atoms in total. The SMILES string of the molecule is CN(C)CCC1(O)CCCCC1c1ccccc1F.Cl. The fourth-order valence-electron chi connectivity index (χ4n) is 3.14. The minimum Gasteiger partial charge on any atom is -0.389 e. The van der Waals surface area contributed by atoms with Crippen LogP contribution in [0.1, 0.15) is 43.6 Å². The molecule has 1 aromatic rings. The van der Waals surface area contributed by atoms with Gasteiger partial charge in [0, 0.05) is 12.5 Å². The van der Waals surface area contributed by atoms with Gasteiger partial charge in [0.05, 0.1) is 5.60 Å². The Morgan fingerprint density at radius 3 is 2.65 bits per heavy atom. The molecule has 1 saturated carbocycles. The number of hydrogen-bond acceptors (Lipinski definition) is 2. The summed E-state index contributed by atoms with van der Waals surface area (Å²) in [5.41, 5.74) is -0.0755. The molecule has 0 amide bonds. The van der Waals surface area contributed by atoms with E-state index in [9.17, 15) is 9.50 Å². The van der Waals surface area contributed by atoms with Crippen molar-refractivity contribution in [2.45, 2.75) is 43.6 Å². The molecule has 0 radical (unpaired) electrons. The van der Waals surface area contributed by atoms with E-state index < -0.39 is 5.60 Å². The van der Waals surface area contributed by atoms with E-state index in [0.717, 1.165) is 32.2 Å². The minimum absolute atomic E-state index is 0. The summed E-state index contributed by atoms with van der Waals surface area (Å²) in [4.78, 5) is 2.07. The second-order valence-electron chi connectivity index (χ2n) is 5.98. The molecule has 0 bridgehead atoms. The van der Waals surface area contributed by atoms with Gasteiger partial charge < -0.3 is 10.0 Å². The molecule has 2 rings (SSSR count). The third-order valence-corrected chi connectivity index (χ3v) is 4.27. The summed E-state index contributed by atoms with van der Waals surface area (Å²) < 4.78 is 14.0. The molecule has 2 unspecified atom stereocenters. The maximum Gasteiger partial charge on any atom is 0.126 e. The number of benzene rings is 1. The Kier molecular flexibility index (Phi) is 6.44. The first-order chi connectivity index (χ1) is 9.03. The Balaban J connectivity index is 0.00000200. The van der Waals surface area contributed by atoms with Crippen LogP contribution in [0.3, 0.4) is 0 Å². The highest BCUT2D eigenvalue weighted by Crippen LogP contribution is 2.43. The Bertz CT molecular complexity index is 427. The molecule has 1 aliphatic rings. The minimum atomic E-state index is -0.759. The highest BCUT2D eigenvalue weighted by Gasteiger charge is 2.40. The Hall–Kier alpha value is -0.640. The summed E-state index contributed by atoms with van der Waals surface area (Å²) >= 11 is 0. The van der Waals surface area contributed by atoms with E-state index in [0.29, 0.717) is 12.0 Å². The van der Waals surface area contributed by atoms with Crippen molar-refractivity contribution < 1.29 is 9.50 Å². The predicted octanol–water partition coefficient (Wildman–Crippen LogP) is 3.59. The van der Waals surface area contributed by atoms with Crippen LogP contribution in [0.15, 0.2) is 24.3 Å². The van der Waals surface area contributed by atoms with Crippen molar-refractivity contribution in [3.05, 3.63) is 35.6 Å². The lowest BCUT2D eigenvalue weighted by atomic mass is 9.70. The highest BCUT2D eigenvalue weighted by molar-refractivity contribution is 5.85. The fourth-order valence-corrected chi connectivity index (χ4v) is 3.14. The summed E-state index contributed by atoms with van der Waals surface area (Å²) in [5.74, 6) is -0.250. The highest BCUT2D eigenvalue weighted by atomic mass is 35.5. The van der Waals surface area contributed by atoms with Crippen LogP contribution in [0.4, 0.5) is 4.39 Å². The van der Waals surface area contributed by atoms with Crippen LogP contribution in [-0.4, -0.2) is 36.2 Å². The van der Waals surface area contributed by atoms with E-state index in [4.69, 9.17) is 0 Å². The zero-order valence-electron chi connectivity index (χ0n) is 12.3. The molecule has 0 aliphatic heterocycles.